The summed E-state index contributed by atoms with van der Waals surface area (Å²) < 4.78 is 5.75. The van der Waals surface area contributed by atoms with Gasteiger partial charge in [0.1, 0.15) is 11.5 Å². The van der Waals surface area contributed by atoms with Crippen molar-refractivity contribution in [2.24, 2.45) is 11.7 Å². The number of hydrogen-bond donors (Lipinski definition) is 2. The SMILES string of the molecule is CN(C)Cc1ccc(CSCCNC(=O)[C@@H]2CCCN(C(N)=O)C2)o1. The maximum Gasteiger partial charge on any atom is 0.314 e. The Balaban J connectivity index is 1.61. The lowest BCUT2D eigenvalue weighted by Crippen LogP contribution is -2.47. The number of rotatable bonds is 8. The highest BCUT2D eigenvalue weighted by molar-refractivity contribution is 7.98. The van der Waals surface area contributed by atoms with E-state index in [0.717, 1.165) is 42.4 Å². The van der Waals surface area contributed by atoms with Crippen molar-refractivity contribution in [1.82, 2.24) is 15.1 Å². The number of likely N-dealkylation sites (tertiary alicyclic amines) is 1. The van der Waals surface area contributed by atoms with Gasteiger partial charge in [0, 0.05) is 25.4 Å². The summed E-state index contributed by atoms with van der Waals surface area (Å²) >= 11 is 1.73. The molecule has 1 aliphatic heterocycles. The van der Waals surface area contributed by atoms with Gasteiger partial charge in [0.2, 0.25) is 5.91 Å². The van der Waals surface area contributed by atoms with E-state index < -0.39 is 6.03 Å². The number of furan rings is 1. The highest BCUT2D eigenvalue weighted by atomic mass is 32.2. The van der Waals surface area contributed by atoms with E-state index in [2.05, 4.69) is 10.2 Å². The number of carbonyl (C=O) groups excluding carboxylic acids is 2. The van der Waals surface area contributed by atoms with Gasteiger partial charge in [-0.15, -0.1) is 0 Å². The third kappa shape index (κ3) is 6.62. The van der Waals surface area contributed by atoms with E-state index in [0.29, 0.717) is 19.6 Å². The predicted molar refractivity (Wildman–Crippen MR) is 99.2 cm³/mol. The molecule has 0 spiro atoms. The van der Waals surface area contributed by atoms with E-state index in [4.69, 9.17) is 10.2 Å². The second-order valence-electron chi connectivity index (χ2n) is 6.57. The van der Waals surface area contributed by atoms with Crippen molar-refractivity contribution in [3.63, 3.8) is 0 Å². The molecule has 2 heterocycles. The highest BCUT2D eigenvalue weighted by Crippen LogP contribution is 2.17. The first-order valence-electron chi connectivity index (χ1n) is 8.58. The molecule has 1 fully saturated rings. The van der Waals surface area contributed by atoms with Gasteiger partial charge in [0.25, 0.3) is 0 Å². The Morgan fingerprint density at radius 1 is 1.40 bits per heavy atom. The van der Waals surface area contributed by atoms with Gasteiger partial charge in [-0.25, -0.2) is 4.79 Å². The van der Waals surface area contributed by atoms with Crippen molar-refractivity contribution in [3.8, 4) is 0 Å². The molecule has 7 nitrogen and oxygen atoms in total. The fourth-order valence-corrected chi connectivity index (χ4v) is 3.60. The highest BCUT2D eigenvalue weighted by Gasteiger charge is 2.27. The molecule has 1 saturated heterocycles. The lowest BCUT2D eigenvalue weighted by molar-refractivity contribution is -0.126. The Bertz CT molecular complexity index is 576. The quantitative estimate of drug-likeness (QED) is 0.678. The lowest BCUT2D eigenvalue weighted by Gasteiger charge is -2.30. The first-order valence-corrected chi connectivity index (χ1v) is 9.73. The molecular weight excluding hydrogens is 340 g/mol. The van der Waals surface area contributed by atoms with Gasteiger partial charge in [-0.3, -0.25) is 4.79 Å². The number of nitrogens with zero attached hydrogens (tertiary/aromatic N) is 2. The van der Waals surface area contributed by atoms with Gasteiger partial charge >= 0.3 is 6.03 Å². The van der Waals surface area contributed by atoms with Gasteiger partial charge in [-0.2, -0.15) is 11.8 Å². The summed E-state index contributed by atoms with van der Waals surface area (Å²) in [5, 5.41) is 2.95. The second-order valence-corrected chi connectivity index (χ2v) is 7.68. The molecule has 1 aromatic heterocycles. The topological polar surface area (TPSA) is 91.8 Å². The maximum absolute atomic E-state index is 12.2. The summed E-state index contributed by atoms with van der Waals surface area (Å²) in [4.78, 5) is 27.0. The monoisotopic (exact) mass is 368 g/mol. The number of hydrogen-bond acceptors (Lipinski definition) is 5. The maximum atomic E-state index is 12.2. The molecule has 8 heteroatoms. The van der Waals surface area contributed by atoms with Crippen LogP contribution in [-0.2, 0) is 17.1 Å². The van der Waals surface area contributed by atoms with Crippen LogP contribution in [0.2, 0.25) is 0 Å². The number of urea groups is 1. The van der Waals surface area contributed by atoms with Gasteiger partial charge < -0.3 is 25.3 Å². The molecule has 0 radical (unpaired) electrons. The van der Waals surface area contributed by atoms with Crippen molar-refractivity contribution in [2.45, 2.75) is 25.1 Å². The molecule has 140 valence electrons. The van der Waals surface area contributed by atoms with Crippen molar-refractivity contribution in [2.75, 3.05) is 39.5 Å². The smallest absolute Gasteiger partial charge is 0.314 e. The second kappa shape index (κ2) is 9.72. The predicted octanol–water partition coefficient (Wildman–Crippen LogP) is 1.48. The van der Waals surface area contributed by atoms with Gasteiger partial charge in [-0.05, 0) is 39.1 Å². The number of piperidine rings is 1. The van der Waals surface area contributed by atoms with Crippen molar-refractivity contribution in [3.05, 3.63) is 23.7 Å². The van der Waals surface area contributed by atoms with Crippen LogP contribution in [0.1, 0.15) is 24.4 Å². The Morgan fingerprint density at radius 2 is 2.16 bits per heavy atom. The first kappa shape index (κ1) is 19.7. The normalized spacial score (nSPS) is 17.7. The molecule has 25 heavy (non-hydrogen) atoms. The van der Waals surface area contributed by atoms with Crippen LogP contribution in [0, 0.1) is 5.92 Å². The van der Waals surface area contributed by atoms with E-state index in [1.54, 1.807) is 16.7 Å². The van der Waals surface area contributed by atoms with Gasteiger partial charge in [-0.1, -0.05) is 0 Å². The molecular formula is C17H28N4O3S. The molecule has 0 unspecified atom stereocenters. The number of primary amides is 1. The van der Waals surface area contributed by atoms with Gasteiger partial charge in [0.15, 0.2) is 0 Å². The number of amides is 3. The summed E-state index contributed by atoms with van der Waals surface area (Å²) in [7, 11) is 4.02. The zero-order valence-corrected chi connectivity index (χ0v) is 15.8. The number of carbonyl (C=O) groups is 2. The van der Waals surface area contributed by atoms with Crippen molar-refractivity contribution < 1.29 is 14.0 Å². The molecule has 1 aliphatic rings. The van der Waals surface area contributed by atoms with Crippen LogP contribution in [-0.4, -0.2) is 61.2 Å². The van der Waals surface area contributed by atoms with Crippen LogP contribution in [0.25, 0.3) is 0 Å². The Kier molecular flexibility index (Phi) is 7.64. The average molecular weight is 369 g/mol. The van der Waals surface area contributed by atoms with E-state index >= 15 is 0 Å². The third-order valence-electron chi connectivity index (χ3n) is 4.08. The molecule has 0 aliphatic carbocycles. The fraction of sp³-hybridized carbons (Fsp3) is 0.647. The van der Waals surface area contributed by atoms with Crippen molar-refractivity contribution in [1.29, 1.82) is 0 Å². The largest absolute Gasteiger partial charge is 0.464 e. The summed E-state index contributed by atoms with van der Waals surface area (Å²) in [6, 6.07) is 3.57. The molecule has 0 saturated carbocycles. The minimum atomic E-state index is -0.444. The molecule has 0 aromatic carbocycles. The standard InChI is InChI=1S/C17H28N4O3S/c1-20(2)11-14-5-6-15(24-14)12-25-9-7-19-16(22)13-4-3-8-21(10-13)17(18)23/h5-6,13H,3-4,7-12H2,1-2H3,(H2,18,23)(H,19,22)/t13-/m1/s1. The first-order chi connectivity index (χ1) is 12.0. The number of thioether (sulfide) groups is 1. The average Bonchev–Trinajstić information content (AvgIpc) is 3.01. The molecule has 1 aromatic rings. The number of nitrogens with one attached hydrogen (secondary N) is 1. The summed E-state index contributed by atoms with van der Waals surface area (Å²) in [5.41, 5.74) is 5.29. The van der Waals surface area contributed by atoms with Crippen LogP contribution in [0.5, 0.6) is 0 Å². The van der Waals surface area contributed by atoms with Crippen molar-refractivity contribution >= 4 is 23.7 Å². The van der Waals surface area contributed by atoms with Crippen LogP contribution >= 0.6 is 11.8 Å². The van der Waals surface area contributed by atoms with Crippen LogP contribution in [0.4, 0.5) is 4.79 Å². The minimum absolute atomic E-state index is 0.0119. The van der Waals surface area contributed by atoms with E-state index in [-0.39, 0.29) is 11.8 Å². The molecule has 3 amide bonds. The zero-order chi connectivity index (χ0) is 18.2. The molecule has 3 N–H and O–H groups in total. The van der Waals surface area contributed by atoms with Crippen LogP contribution in [0.3, 0.4) is 0 Å². The summed E-state index contributed by atoms with van der Waals surface area (Å²) in [5.74, 6) is 3.40. The van der Waals surface area contributed by atoms with E-state index in [9.17, 15) is 9.59 Å². The van der Waals surface area contributed by atoms with E-state index in [1.165, 1.54) is 0 Å². The molecule has 1 atom stereocenters. The Morgan fingerprint density at radius 3 is 2.88 bits per heavy atom. The van der Waals surface area contributed by atoms with Crippen LogP contribution < -0.4 is 11.1 Å². The lowest BCUT2D eigenvalue weighted by atomic mass is 9.97. The molecule has 0 bridgehead atoms. The zero-order valence-electron chi connectivity index (χ0n) is 15.0. The molecule has 2 rings (SSSR count). The fourth-order valence-electron chi connectivity index (χ4n) is 2.85. The summed E-state index contributed by atoms with van der Waals surface area (Å²) in [6.45, 7) is 2.48. The van der Waals surface area contributed by atoms with Crippen LogP contribution in [0.15, 0.2) is 16.5 Å². The number of nitrogens with two attached hydrogens (primary N) is 1. The minimum Gasteiger partial charge on any atom is -0.464 e. The summed E-state index contributed by atoms with van der Waals surface area (Å²) in [6.07, 6.45) is 1.63. The Labute approximate surface area is 153 Å². The Hall–Kier alpha value is -1.67. The van der Waals surface area contributed by atoms with Gasteiger partial charge in [0.05, 0.1) is 18.2 Å². The third-order valence-corrected chi connectivity index (χ3v) is 5.06. The van der Waals surface area contributed by atoms with E-state index in [1.807, 2.05) is 26.2 Å².